The van der Waals surface area contributed by atoms with Crippen LogP contribution in [0.5, 0.6) is 5.75 Å². The minimum atomic E-state index is 0.0479. The molecule has 100 valence electrons. The Balaban J connectivity index is 1.91. The molecule has 2 rings (SSSR count). The van der Waals surface area contributed by atoms with E-state index in [-0.39, 0.29) is 6.04 Å². The summed E-state index contributed by atoms with van der Waals surface area (Å²) >= 11 is 3.55. The molecule has 0 aromatic heterocycles. The summed E-state index contributed by atoms with van der Waals surface area (Å²) in [7, 11) is 0. The first kappa shape index (κ1) is 13.9. The molecule has 0 saturated heterocycles. The third-order valence-corrected chi connectivity index (χ3v) is 4.36. The highest BCUT2D eigenvalue weighted by Gasteiger charge is 2.14. The fourth-order valence-electron chi connectivity index (χ4n) is 2.53. The van der Waals surface area contributed by atoms with Crippen molar-refractivity contribution in [3.63, 3.8) is 0 Å². The van der Waals surface area contributed by atoms with Crippen LogP contribution in [-0.4, -0.2) is 6.61 Å². The molecule has 0 bridgehead atoms. The van der Waals surface area contributed by atoms with E-state index < -0.39 is 0 Å². The molecule has 0 aliphatic heterocycles. The van der Waals surface area contributed by atoms with Crippen molar-refractivity contribution in [2.75, 3.05) is 6.61 Å². The third-order valence-electron chi connectivity index (χ3n) is 3.67. The van der Waals surface area contributed by atoms with Crippen LogP contribution in [0.2, 0.25) is 0 Å². The molecular weight excluding hydrogens is 290 g/mol. The van der Waals surface area contributed by atoms with E-state index in [1.165, 1.54) is 32.1 Å². The Kier molecular flexibility index (Phi) is 5.07. The Labute approximate surface area is 118 Å². The van der Waals surface area contributed by atoms with Crippen molar-refractivity contribution in [1.29, 1.82) is 0 Å². The van der Waals surface area contributed by atoms with Gasteiger partial charge in [-0.15, -0.1) is 0 Å². The maximum atomic E-state index is 5.89. The van der Waals surface area contributed by atoms with Gasteiger partial charge in [-0.05, 0) is 43.4 Å². The van der Waals surface area contributed by atoms with Gasteiger partial charge in [-0.25, -0.2) is 0 Å². The molecule has 1 atom stereocenters. The maximum absolute atomic E-state index is 5.89. The Hall–Kier alpha value is -0.540. The summed E-state index contributed by atoms with van der Waals surface area (Å²) in [4.78, 5) is 0. The van der Waals surface area contributed by atoms with Crippen molar-refractivity contribution in [3.8, 4) is 5.75 Å². The molecular formula is C15H22BrNO. The molecule has 1 saturated carbocycles. The van der Waals surface area contributed by atoms with Crippen LogP contribution in [0, 0.1) is 5.92 Å². The number of benzene rings is 1. The van der Waals surface area contributed by atoms with E-state index in [9.17, 15) is 0 Å². The van der Waals surface area contributed by atoms with Gasteiger partial charge in [-0.2, -0.15) is 0 Å². The Morgan fingerprint density at radius 2 is 2.06 bits per heavy atom. The first-order valence-corrected chi connectivity index (χ1v) is 7.64. The molecule has 0 amide bonds. The normalized spacial score (nSPS) is 18.6. The summed E-state index contributed by atoms with van der Waals surface area (Å²) < 4.78 is 6.93. The van der Waals surface area contributed by atoms with Gasteiger partial charge >= 0.3 is 0 Å². The average molecular weight is 312 g/mol. The lowest BCUT2D eigenvalue weighted by Crippen LogP contribution is -2.15. The number of hydrogen-bond donors (Lipinski definition) is 1. The lowest BCUT2D eigenvalue weighted by atomic mass is 9.90. The van der Waals surface area contributed by atoms with E-state index in [0.717, 1.165) is 28.3 Å². The van der Waals surface area contributed by atoms with Gasteiger partial charge in [0.1, 0.15) is 5.75 Å². The van der Waals surface area contributed by atoms with Crippen molar-refractivity contribution in [1.82, 2.24) is 0 Å². The van der Waals surface area contributed by atoms with Gasteiger partial charge in [0, 0.05) is 10.5 Å². The van der Waals surface area contributed by atoms with Crippen molar-refractivity contribution >= 4 is 15.9 Å². The van der Waals surface area contributed by atoms with E-state index in [2.05, 4.69) is 15.9 Å². The smallest absolute Gasteiger partial charge is 0.120 e. The van der Waals surface area contributed by atoms with Crippen LogP contribution in [0.4, 0.5) is 0 Å². The van der Waals surface area contributed by atoms with E-state index in [0.29, 0.717) is 0 Å². The summed E-state index contributed by atoms with van der Waals surface area (Å²) in [6.45, 7) is 2.84. The highest BCUT2D eigenvalue weighted by atomic mass is 79.9. The monoisotopic (exact) mass is 311 g/mol. The van der Waals surface area contributed by atoms with Gasteiger partial charge < -0.3 is 10.5 Å². The molecule has 0 heterocycles. The zero-order valence-electron chi connectivity index (χ0n) is 11.0. The molecule has 2 N–H and O–H groups in total. The number of hydrogen-bond acceptors (Lipinski definition) is 2. The zero-order chi connectivity index (χ0) is 13.0. The number of ether oxygens (including phenoxy) is 1. The molecule has 2 nitrogen and oxygen atoms in total. The molecule has 1 aliphatic carbocycles. The molecule has 1 aliphatic rings. The maximum Gasteiger partial charge on any atom is 0.120 e. The van der Waals surface area contributed by atoms with Gasteiger partial charge in [-0.3, -0.25) is 0 Å². The van der Waals surface area contributed by atoms with Crippen molar-refractivity contribution in [2.45, 2.75) is 45.1 Å². The van der Waals surface area contributed by atoms with Gasteiger partial charge in [-0.1, -0.05) is 41.3 Å². The zero-order valence-corrected chi connectivity index (χ0v) is 12.6. The van der Waals surface area contributed by atoms with Crippen LogP contribution in [0.1, 0.15) is 50.6 Å². The van der Waals surface area contributed by atoms with E-state index >= 15 is 0 Å². The fraction of sp³-hybridized carbons (Fsp3) is 0.600. The Morgan fingerprint density at radius 3 is 2.67 bits per heavy atom. The average Bonchev–Trinajstić information content (AvgIpc) is 2.37. The van der Waals surface area contributed by atoms with Crippen LogP contribution < -0.4 is 10.5 Å². The van der Waals surface area contributed by atoms with E-state index in [4.69, 9.17) is 10.5 Å². The third kappa shape index (κ3) is 3.72. The number of rotatable bonds is 4. The van der Waals surface area contributed by atoms with Gasteiger partial charge in [0.05, 0.1) is 6.61 Å². The predicted molar refractivity (Wildman–Crippen MR) is 78.8 cm³/mol. The van der Waals surface area contributed by atoms with Gasteiger partial charge in [0.2, 0.25) is 0 Å². The van der Waals surface area contributed by atoms with Crippen molar-refractivity contribution < 1.29 is 4.74 Å². The second-order valence-electron chi connectivity index (χ2n) is 5.29. The fourth-order valence-corrected chi connectivity index (χ4v) is 3.25. The Bertz CT molecular complexity index is 386. The second kappa shape index (κ2) is 6.58. The topological polar surface area (TPSA) is 35.2 Å². The minimum absolute atomic E-state index is 0.0479. The molecule has 1 aromatic rings. The standard InChI is InChI=1S/C15H22BrNO/c1-11(17)14-8-7-13(9-15(14)16)18-10-12-5-3-2-4-6-12/h7-9,11-12H,2-6,10,17H2,1H3/t11-/m1/s1. The summed E-state index contributed by atoms with van der Waals surface area (Å²) in [5, 5.41) is 0. The highest BCUT2D eigenvalue weighted by Crippen LogP contribution is 2.28. The molecule has 1 fully saturated rings. The number of nitrogens with two attached hydrogens (primary N) is 1. The lowest BCUT2D eigenvalue weighted by Gasteiger charge is -2.22. The SMILES string of the molecule is C[C@@H](N)c1ccc(OCC2CCCCC2)cc1Br. The van der Waals surface area contributed by atoms with Crippen LogP contribution in [0.15, 0.2) is 22.7 Å². The van der Waals surface area contributed by atoms with Crippen LogP contribution in [0.25, 0.3) is 0 Å². The lowest BCUT2D eigenvalue weighted by molar-refractivity contribution is 0.208. The first-order valence-electron chi connectivity index (χ1n) is 6.84. The number of halogens is 1. The van der Waals surface area contributed by atoms with Crippen molar-refractivity contribution in [2.24, 2.45) is 11.7 Å². The van der Waals surface area contributed by atoms with Crippen LogP contribution >= 0.6 is 15.9 Å². The molecule has 3 heteroatoms. The highest BCUT2D eigenvalue weighted by molar-refractivity contribution is 9.10. The summed E-state index contributed by atoms with van der Waals surface area (Å²) in [5.74, 6) is 1.68. The first-order chi connectivity index (χ1) is 8.66. The minimum Gasteiger partial charge on any atom is -0.493 e. The second-order valence-corrected chi connectivity index (χ2v) is 6.14. The summed E-state index contributed by atoms with van der Waals surface area (Å²) in [5.41, 5.74) is 7.01. The van der Waals surface area contributed by atoms with Gasteiger partial charge in [0.25, 0.3) is 0 Å². The molecule has 0 spiro atoms. The predicted octanol–water partition coefficient (Wildman–Crippen LogP) is 4.43. The van der Waals surface area contributed by atoms with E-state index in [1.807, 2.05) is 25.1 Å². The van der Waals surface area contributed by atoms with E-state index in [1.54, 1.807) is 0 Å². The largest absolute Gasteiger partial charge is 0.493 e. The van der Waals surface area contributed by atoms with Crippen molar-refractivity contribution in [3.05, 3.63) is 28.2 Å². The summed E-state index contributed by atoms with van der Waals surface area (Å²) in [6.07, 6.45) is 6.76. The van der Waals surface area contributed by atoms with Gasteiger partial charge in [0.15, 0.2) is 0 Å². The van der Waals surface area contributed by atoms with Crippen LogP contribution in [0.3, 0.4) is 0 Å². The molecule has 1 aromatic carbocycles. The molecule has 0 radical (unpaired) electrons. The molecule has 0 unspecified atom stereocenters. The Morgan fingerprint density at radius 1 is 1.33 bits per heavy atom. The summed E-state index contributed by atoms with van der Waals surface area (Å²) in [6, 6.07) is 6.14. The quantitative estimate of drug-likeness (QED) is 0.893. The molecule has 18 heavy (non-hydrogen) atoms. The van der Waals surface area contributed by atoms with Crippen LogP contribution in [-0.2, 0) is 0 Å².